The Morgan fingerprint density at radius 3 is 3.09 bits per heavy atom. The molecular weight excluding hydrogens is 214 g/mol. The summed E-state index contributed by atoms with van der Waals surface area (Å²) < 4.78 is 9.51. The molecule has 1 heterocycles. The first-order valence-electron chi connectivity index (χ1n) is 2.91. The van der Waals surface area contributed by atoms with Gasteiger partial charge in [-0.2, -0.15) is 4.98 Å². The SMILES string of the molecule is CC(=O)Oc1coc(CBr)n1. The van der Waals surface area contributed by atoms with Crippen molar-refractivity contribution in [2.75, 3.05) is 0 Å². The van der Waals surface area contributed by atoms with E-state index in [4.69, 9.17) is 4.42 Å². The van der Waals surface area contributed by atoms with E-state index in [2.05, 4.69) is 25.7 Å². The molecule has 0 aliphatic heterocycles. The number of carbonyl (C=O) groups is 1. The Balaban J connectivity index is 2.65. The second-order valence-corrected chi connectivity index (χ2v) is 2.37. The molecule has 0 amide bonds. The van der Waals surface area contributed by atoms with Crippen LogP contribution in [0.15, 0.2) is 10.7 Å². The molecule has 0 atom stereocenters. The summed E-state index contributed by atoms with van der Waals surface area (Å²) in [6.45, 7) is 1.31. The van der Waals surface area contributed by atoms with E-state index in [0.717, 1.165) is 0 Å². The number of alkyl halides is 1. The van der Waals surface area contributed by atoms with Gasteiger partial charge in [0, 0.05) is 6.92 Å². The number of hydrogen-bond donors (Lipinski definition) is 0. The Morgan fingerprint density at radius 2 is 2.64 bits per heavy atom. The molecule has 0 aliphatic rings. The molecule has 0 fully saturated rings. The molecule has 0 radical (unpaired) electrons. The molecule has 1 aromatic rings. The van der Waals surface area contributed by atoms with E-state index in [0.29, 0.717) is 11.2 Å². The molecule has 4 nitrogen and oxygen atoms in total. The molecule has 0 bridgehead atoms. The van der Waals surface area contributed by atoms with Crippen LogP contribution in [0.4, 0.5) is 0 Å². The van der Waals surface area contributed by atoms with E-state index in [1.807, 2.05) is 0 Å². The molecule has 0 N–H and O–H groups in total. The van der Waals surface area contributed by atoms with Crippen molar-refractivity contribution in [1.29, 1.82) is 0 Å². The number of hydrogen-bond acceptors (Lipinski definition) is 4. The lowest BCUT2D eigenvalue weighted by Gasteiger charge is -1.90. The van der Waals surface area contributed by atoms with Crippen molar-refractivity contribution in [2.45, 2.75) is 12.3 Å². The highest BCUT2D eigenvalue weighted by Gasteiger charge is 2.04. The van der Waals surface area contributed by atoms with Gasteiger partial charge in [-0.05, 0) is 0 Å². The van der Waals surface area contributed by atoms with Crippen LogP contribution in [0.25, 0.3) is 0 Å². The van der Waals surface area contributed by atoms with Crippen LogP contribution in [0, 0.1) is 0 Å². The van der Waals surface area contributed by atoms with Crippen molar-refractivity contribution >= 4 is 21.9 Å². The average molecular weight is 220 g/mol. The summed E-state index contributed by atoms with van der Waals surface area (Å²) in [6, 6.07) is 0. The van der Waals surface area contributed by atoms with Gasteiger partial charge in [0.1, 0.15) is 0 Å². The minimum Gasteiger partial charge on any atom is -0.444 e. The highest BCUT2D eigenvalue weighted by molar-refractivity contribution is 9.08. The van der Waals surface area contributed by atoms with Gasteiger partial charge in [0.05, 0.1) is 5.33 Å². The second kappa shape index (κ2) is 3.52. The van der Waals surface area contributed by atoms with Gasteiger partial charge in [0.25, 0.3) is 5.88 Å². The van der Waals surface area contributed by atoms with E-state index < -0.39 is 5.97 Å². The van der Waals surface area contributed by atoms with Crippen LogP contribution in [0.5, 0.6) is 5.88 Å². The fraction of sp³-hybridized carbons (Fsp3) is 0.333. The zero-order chi connectivity index (χ0) is 8.27. The van der Waals surface area contributed by atoms with Crippen LogP contribution in [-0.4, -0.2) is 11.0 Å². The molecule has 0 spiro atoms. The summed E-state index contributed by atoms with van der Waals surface area (Å²) in [5, 5.41) is 0.508. The standard InChI is InChI=1S/C6H6BrNO3/c1-4(9)11-6-3-10-5(2-7)8-6/h3H,2H2,1H3. The fourth-order valence-electron chi connectivity index (χ4n) is 0.550. The quantitative estimate of drug-likeness (QED) is 0.559. The average Bonchev–Trinajstić information content (AvgIpc) is 2.34. The third-order valence-corrected chi connectivity index (χ3v) is 1.37. The number of rotatable bonds is 2. The van der Waals surface area contributed by atoms with Crippen LogP contribution < -0.4 is 4.74 Å². The maximum Gasteiger partial charge on any atom is 0.309 e. The fourth-order valence-corrected chi connectivity index (χ4v) is 0.807. The molecule has 60 valence electrons. The number of halogens is 1. The molecule has 0 saturated carbocycles. The van der Waals surface area contributed by atoms with Gasteiger partial charge in [-0.1, -0.05) is 15.9 Å². The first-order valence-corrected chi connectivity index (χ1v) is 4.03. The van der Waals surface area contributed by atoms with Gasteiger partial charge in [0.2, 0.25) is 5.89 Å². The number of carbonyl (C=O) groups excluding carboxylic acids is 1. The normalized spacial score (nSPS) is 9.64. The summed E-state index contributed by atoms with van der Waals surface area (Å²) in [6.07, 6.45) is 1.29. The van der Waals surface area contributed by atoms with Crippen molar-refractivity contribution in [3.63, 3.8) is 0 Å². The van der Waals surface area contributed by atoms with Crippen LogP contribution >= 0.6 is 15.9 Å². The Kier molecular flexibility index (Phi) is 2.64. The Hall–Kier alpha value is -0.840. The largest absolute Gasteiger partial charge is 0.444 e. The summed E-state index contributed by atoms with van der Waals surface area (Å²) >= 11 is 3.14. The van der Waals surface area contributed by atoms with Crippen LogP contribution in [-0.2, 0) is 10.1 Å². The zero-order valence-electron chi connectivity index (χ0n) is 5.83. The third kappa shape index (κ3) is 2.34. The highest BCUT2D eigenvalue weighted by atomic mass is 79.9. The van der Waals surface area contributed by atoms with Crippen molar-refractivity contribution in [3.8, 4) is 5.88 Å². The van der Waals surface area contributed by atoms with Gasteiger partial charge in [-0.3, -0.25) is 4.79 Å². The van der Waals surface area contributed by atoms with E-state index >= 15 is 0 Å². The van der Waals surface area contributed by atoms with E-state index in [9.17, 15) is 4.79 Å². The molecular formula is C6H6BrNO3. The van der Waals surface area contributed by atoms with Gasteiger partial charge in [-0.25, -0.2) is 0 Å². The molecule has 1 aromatic heterocycles. The molecule has 5 heteroatoms. The van der Waals surface area contributed by atoms with Gasteiger partial charge in [0.15, 0.2) is 6.26 Å². The predicted molar refractivity (Wildman–Crippen MR) is 40.4 cm³/mol. The topological polar surface area (TPSA) is 52.3 Å². The molecule has 0 aliphatic carbocycles. The van der Waals surface area contributed by atoms with E-state index in [-0.39, 0.29) is 5.88 Å². The maximum atomic E-state index is 10.4. The number of oxazole rings is 1. The molecule has 0 aromatic carbocycles. The number of nitrogens with zero attached hydrogens (tertiary/aromatic N) is 1. The third-order valence-electron chi connectivity index (χ3n) is 0.893. The zero-order valence-corrected chi connectivity index (χ0v) is 7.42. The van der Waals surface area contributed by atoms with Crippen LogP contribution in [0.2, 0.25) is 0 Å². The van der Waals surface area contributed by atoms with Crippen molar-refractivity contribution in [2.24, 2.45) is 0 Å². The monoisotopic (exact) mass is 219 g/mol. The lowest BCUT2D eigenvalue weighted by Crippen LogP contribution is -2.01. The molecule has 0 saturated heterocycles. The predicted octanol–water partition coefficient (Wildman–Crippen LogP) is 1.49. The maximum absolute atomic E-state index is 10.4. The lowest BCUT2D eigenvalue weighted by molar-refractivity contribution is -0.132. The Bertz CT molecular complexity index is 258. The van der Waals surface area contributed by atoms with Gasteiger partial charge >= 0.3 is 5.97 Å². The number of aromatic nitrogens is 1. The van der Waals surface area contributed by atoms with E-state index in [1.54, 1.807) is 0 Å². The molecule has 1 rings (SSSR count). The molecule has 11 heavy (non-hydrogen) atoms. The highest BCUT2D eigenvalue weighted by Crippen LogP contribution is 2.12. The van der Waals surface area contributed by atoms with Crippen molar-refractivity contribution in [3.05, 3.63) is 12.2 Å². The minimum atomic E-state index is -0.403. The minimum absolute atomic E-state index is 0.201. The van der Waals surface area contributed by atoms with Crippen molar-refractivity contribution < 1.29 is 13.9 Å². The molecule has 0 unspecified atom stereocenters. The smallest absolute Gasteiger partial charge is 0.309 e. The van der Waals surface area contributed by atoms with E-state index in [1.165, 1.54) is 13.2 Å². The van der Waals surface area contributed by atoms with Crippen molar-refractivity contribution in [1.82, 2.24) is 4.98 Å². The van der Waals surface area contributed by atoms with Gasteiger partial charge < -0.3 is 9.15 Å². The Labute approximate surface area is 71.7 Å². The summed E-state index contributed by atoms with van der Waals surface area (Å²) in [5.41, 5.74) is 0. The van der Waals surface area contributed by atoms with Crippen LogP contribution in [0.3, 0.4) is 0 Å². The second-order valence-electron chi connectivity index (χ2n) is 1.81. The summed E-state index contributed by atoms with van der Waals surface area (Å²) in [5.74, 6) is 0.285. The first kappa shape index (κ1) is 8.26. The van der Waals surface area contributed by atoms with Gasteiger partial charge in [-0.15, -0.1) is 0 Å². The number of ether oxygens (including phenoxy) is 1. The summed E-state index contributed by atoms with van der Waals surface area (Å²) in [4.78, 5) is 14.2. The Morgan fingerprint density at radius 1 is 1.91 bits per heavy atom. The van der Waals surface area contributed by atoms with Crippen LogP contribution in [0.1, 0.15) is 12.8 Å². The lowest BCUT2D eigenvalue weighted by atomic mass is 10.7. The summed E-state index contributed by atoms with van der Waals surface area (Å²) in [7, 11) is 0. The number of esters is 1. The first-order chi connectivity index (χ1) is 5.22.